The van der Waals surface area contributed by atoms with Crippen LogP contribution in [0.1, 0.15) is 22.0 Å². The van der Waals surface area contributed by atoms with Gasteiger partial charge in [0.25, 0.3) is 0 Å². The number of alkyl halides is 1. The maximum atomic E-state index is 13.1. The fourth-order valence-electron chi connectivity index (χ4n) is 2.27. The van der Waals surface area contributed by atoms with E-state index in [0.29, 0.717) is 13.0 Å². The van der Waals surface area contributed by atoms with Gasteiger partial charge >= 0.3 is 0 Å². The average molecular weight is 161 g/mol. The van der Waals surface area contributed by atoms with Crippen LogP contribution < -0.4 is 0 Å². The van der Waals surface area contributed by atoms with Crippen molar-refractivity contribution in [2.24, 2.45) is 0 Å². The van der Waals surface area contributed by atoms with Gasteiger partial charge in [-0.05, 0) is 19.4 Å². The standard InChI is InChI=1S/C8H14FNO/c9-7-4-8(6-11)2-1-3-10(8)5-7/h7,11H,1-6H2/t7-,8+/m1/s1/i6D2. The SMILES string of the molecule is [2H]C([2H])(O)[C@@]12CCCN1C[C@H](F)C2. The van der Waals surface area contributed by atoms with Crippen LogP contribution in [0.4, 0.5) is 4.39 Å². The molecule has 3 heteroatoms. The van der Waals surface area contributed by atoms with Crippen molar-refractivity contribution < 1.29 is 12.2 Å². The quantitative estimate of drug-likeness (QED) is 0.607. The van der Waals surface area contributed by atoms with E-state index in [9.17, 15) is 9.50 Å². The van der Waals surface area contributed by atoms with Gasteiger partial charge in [0.05, 0.1) is 9.30 Å². The summed E-state index contributed by atoms with van der Waals surface area (Å²) in [4.78, 5) is 1.76. The maximum absolute atomic E-state index is 13.1. The van der Waals surface area contributed by atoms with Crippen LogP contribution in [-0.2, 0) is 0 Å². The van der Waals surface area contributed by atoms with Crippen molar-refractivity contribution in [3.05, 3.63) is 0 Å². The van der Waals surface area contributed by atoms with Crippen molar-refractivity contribution >= 4 is 0 Å². The lowest BCUT2D eigenvalue weighted by atomic mass is 9.95. The average Bonchev–Trinajstić information content (AvgIpc) is 2.40. The van der Waals surface area contributed by atoms with Crippen LogP contribution in [0.2, 0.25) is 0 Å². The highest BCUT2D eigenvalue weighted by molar-refractivity contribution is 5.03. The molecule has 1 N–H and O–H groups in total. The number of rotatable bonds is 1. The Bertz CT molecular complexity index is 221. The lowest BCUT2D eigenvalue weighted by molar-refractivity contribution is 0.0996. The van der Waals surface area contributed by atoms with Gasteiger partial charge in [0, 0.05) is 18.5 Å². The molecule has 0 unspecified atom stereocenters. The van der Waals surface area contributed by atoms with Crippen molar-refractivity contribution in [2.75, 3.05) is 19.6 Å². The molecule has 0 aromatic heterocycles. The van der Waals surface area contributed by atoms with Crippen LogP contribution in [0.3, 0.4) is 0 Å². The molecule has 0 saturated carbocycles. The van der Waals surface area contributed by atoms with Gasteiger partial charge in [-0.2, -0.15) is 0 Å². The third-order valence-electron chi connectivity index (χ3n) is 2.81. The molecule has 2 heterocycles. The Kier molecular flexibility index (Phi) is 1.21. The molecular formula is C8H14FNO. The van der Waals surface area contributed by atoms with E-state index in [-0.39, 0.29) is 13.0 Å². The smallest absolute Gasteiger partial charge is 0.115 e. The fourth-order valence-corrected chi connectivity index (χ4v) is 2.27. The van der Waals surface area contributed by atoms with Crippen molar-refractivity contribution in [2.45, 2.75) is 31.0 Å². The molecule has 2 fully saturated rings. The second-order valence-electron chi connectivity index (χ2n) is 3.49. The Balaban J connectivity index is 2.28. The first-order valence-electron chi connectivity index (χ1n) is 5.07. The molecule has 2 aliphatic rings. The Labute approximate surface area is 68.8 Å². The largest absolute Gasteiger partial charge is 0.394 e. The second-order valence-corrected chi connectivity index (χ2v) is 3.49. The fraction of sp³-hybridized carbons (Fsp3) is 1.00. The Morgan fingerprint density at radius 2 is 2.64 bits per heavy atom. The molecule has 0 aromatic carbocycles. The summed E-state index contributed by atoms with van der Waals surface area (Å²) in [7, 11) is 0. The molecule has 0 bridgehead atoms. The van der Waals surface area contributed by atoms with Gasteiger partial charge < -0.3 is 5.11 Å². The van der Waals surface area contributed by atoms with E-state index in [1.54, 1.807) is 4.90 Å². The minimum Gasteiger partial charge on any atom is -0.394 e. The number of fused-ring (bicyclic) bond motifs is 1. The summed E-state index contributed by atoms with van der Waals surface area (Å²) < 4.78 is 27.8. The first kappa shape index (κ1) is 5.49. The van der Waals surface area contributed by atoms with Crippen LogP contribution >= 0.6 is 0 Å². The summed E-state index contributed by atoms with van der Waals surface area (Å²) in [6.07, 6.45) is 0.572. The predicted octanol–water partition coefficient (Wildman–Crippen LogP) is 0.555. The van der Waals surface area contributed by atoms with Crippen LogP contribution in [-0.4, -0.2) is 41.4 Å². The van der Waals surface area contributed by atoms with Gasteiger partial charge in [-0.25, -0.2) is 4.39 Å². The number of hydrogen-bond acceptors (Lipinski definition) is 2. The molecule has 0 aromatic rings. The summed E-state index contributed by atoms with van der Waals surface area (Å²) in [5, 5.41) is 9.42. The molecule has 64 valence electrons. The topological polar surface area (TPSA) is 23.5 Å². The highest BCUT2D eigenvalue weighted by Gasteiger charge is 2.47. The third kappa shape index (κ3) is 0.983. The van der Waals surface area contributed by atoms with Crippen LogP contribution in [0, 0.1) is 0 Å². The van der Waals surface area contributed by atoms with Crippen molar-refractivity contribution in [3.8, 4) is 0 Å². The van der Waals surface area contributed by atoms with Gasteiger partial charge in [-0.1, -0.05) is 0 Å². The molecular weight excluding hydrogens is 145 g/mol. The van der Waals surface area contributed by atoms with E-state index in [2.05, 4.69) is 0 Å². The zero-order valence-corrected chi connectivity index (χ0v) is 6.39. The van der Waals surface area contributed by atoms with Crippen molar-refractivity contribution in [1.29, 1.82) is 0 Å². The zero-order valence-electron chi connectivity index (χ0n) is 8.39. The Morgan fingerprint density at radius 3 is 3.27 bits per heavy atom. The van der Waals surface area contributed by atoms with Crippen molar-refractivity contribution in [1.82, 2.24) is 4.90 Å². The van der Waals surface area contributed by atoms with Crippen molar-refractivity contribution in [3.63, 3.8) is 0 Å². The summed E-state index contributed by atoms with van der Waals surface area (Å²) in [6.45, 7) is -1.29. The molecule has 2 rings (SSSR count). The van der Waals surface area contributed by atoms with E-state index in [1.165, 1.54) is 0 Å². The number of nitrogens with zero attached hydrogens (tertiary/aromatic N) is 1. The summed E-state index contributed by atoms with van der Waals surface area (Å²) in [5.74, 6) is 0. The van der Waals surface area contributed by atoms with E-state index < -0.39 is 18.3 Å². The Hall–Kier alpha value is -0.150. The second kappa shape index (κ2) is 2.42. The molecule has 2 saturated heterocycles. The minimum atomic E-state index is -2.27. The normalized spacial score (nSPS) is 48.7. The number of aliphatic hydroxyl groups is 1. The first-order chi connectivity index (χ1) is 5.96. The highest BCUT2D eigenvalue weighted by atomic mass is 19.1. The van der Waals surface area contributed by atoms with E-state index >= 15 is 0 Å². The van der Waals surface area contributed by atoms with Crippen LogP contribution in [0.25, 0.3) is 0 Å². The highest BCUT2D eigenvalue weighted by Crippen LogP contribution is 2.39. The molecule has 2 aliphatic heterocycles. The summed E-state index contributed by atoms with van der Waals surface area (Å²) in [5.41, 5.74) is -0.938. The molecule has 2 nitrogen and oxygen atoms in total. The maximum Gasteiger partial charge on any atom is 0.115 e. The van der Waals surface area contributed by atoms with Gasteiger partial charge in [-0.3, -0.25) is 4.90 Å². The lowest BCUT2D eigenvalue weighted by Gasteiger charge is -2.28. The van der Waals surface area contributed by atoms with E-state index in [1.807, 2.05) is 0 Å². The molecule has 2 atom stereocenters. The van der Waals surface area contributed by atoms with Gasteiger partial charge in [0.1, 0.15) is 6.17 Å². The minimum absolute atomic E-state index is 0.135. The molecule has 0 radical (unpaired) electrons. The molecule has 11 heavy (non-hydrogen) atoms. The lowest BCUT2D eigenvalue weighted by Crippen LogP contribution is -2.41. The summed E-state index contributed by atoms with van der Waals surface area (Å²) in [6, 6.07) is 0. The number of hydrogen-bond donors (Lipinski definition) is 1. The first-order valence-corrected chi connectivity index (χ1v) is 4.07. The van der Waals surface area contributed by atoms with Crippen LogP contribution in [0.15, 0.2) is 0 Å². The molecule has 0 spiro atoms. The predicted molar refractivity (Wildman–Crippen MR) is 40.1 cm³/mol. The van der Waals surface area contributed by atoms with Gasteiger partial charge in [0.15, 0.2) is 0 Å². The molecule has 0 amide bonds. The molecule has 0 aliphatic carbocycles. The third-order valence-corrected chi connectivity index (χ3v) is 2.81. The van der Waals surface area contributed by atoms with E-state index in [4.69, 9.17) is 2.74 Å². The van der Waals surface area contributed by atoms with Gasteiger partial charge in [0.2, 0.25) is 0 Å². The van der Waals surface area contributed by atoms with Crippen LogP contribution in [0.5, 0.6) is 0 Å². The van der Waals surface area contributed by atoms with E-state index in [0.717, 1.165) is 6.42 Å². The zero-order chi connectivity index (χ0) is 9.69. The number of halogens is 1. The Morgan fingerprint density at radius 1 is 1.82 bits per heavy atom. The van der Waals surface area contributed by atoms with Gasteiger partial charge in [-0.15, -0.1) is 0 Å². The summed E-state index contributed by atoms with van der Waals surface area (Å²) >= 11 is 0. The monoisotopic (exact) mass is 161 g/mol.